The molecule has 112 valence electrons. The normalized spacial score (nSPS) is 21.6. The summed E-state index contributed by atoms with van der Waals surface area (Å²) < 4.78 is 1.96. The topological polar surface area (TPSA) is 72.9 Å². The van der Waals surface area contributed by atoms with Crippen LogP contribution in [0.1, 0.15) is 11.6 Å². The molecule has 0 amide bonds. The number of hydrogen-bond acceptors (Lipinski definition) is 5. The van der Waals surface area contributed by atoms with Gasteiger partial charge in [-0.05, 0) is 12.1 Å². The fraction of sp³-hybridized carbons (Fsp3) is 0.312. The molecule has 1 aliphatic heterocycles. The highest BCUT2D eigenvalue weighted by molar-refractivity contribution is 5.75. The van der Waals surface area contributed by atoms with Gasteiger partial charge in [-0.2, -0.15) is 0 Å². The Balaban J connectivity index is 1.62. The summed E-state index contributed by atoms with van der Waals surface area (Å²) in [7, 11) is 1.98. The van der Waals surface area contributed by atoms with Crippen LogP contribution in [0, 0.1) is 0 Å². The summed E-state index contributed by atoms with van der Waals surface area (Å²) in [4.78, 5) is 15.8. The van der Waals surface area contributed by atoms with Crippen LogP contribution in [0.5, 0.6) is 0 Å². The van der Waals surface area contributed by atoms with E-state index in [4.69, 9.17) is 10.7 Å². The van der Waals surface area contributed by atoms with E-state index in [1.165, 1.54) is 0 Å². The van der Waals surface area contributed by atoms with Crippen LogP contribution >= 0.6 is 0 Å². The van der Waals surface area contributed by atoms with Crippen molar-refractivity contribution in [1.82, 2.24) is 19.5 Å². The largest absolute Gasteiger partial charge is 0.353 e. The molecule has 0 radical (unpaired) electrons. The lowest BCUT2D eigenvalue weighted by Crippen LogP contribution is -2.29. The van der Waals surface area contributed by atoms with Crippen molar-refractivity contribution in [3.63, 3.8) is 0 Å². The first kappa shape index (κ1) is 13.2. The molecule has 0 unspecified atom stereocenters. The Hall–Kier alpha value is -2.47. The fourth-order valence-electron chi connectivity index (χ4n) is 3.05. The lowest BCUT2D eigenvalue weighted by molar-refractivity contribution is 0.639. The van der Waals surface area contributed by atoms with E-state index in [1.807, 2.05) is 54.6 Å². The standard InChI is InChI=1S/C16H18N6/c1-21-9-15(19-10-21)11-7-22(8-12(11)17)16-6-18-13-4-2-3-5-14(13)20-16/h2-6,9-12H,7-8,17H2,1H3/t11-,12-/m1/s1. The first-order chi connectivity index (χ1) is 10.7. The quantitative estimate of drug-likeness (QED) is 0.771. The van der Waals surface area contributed by atoms with Gasteiger partial charge < -0.3 is 15.2 Å². The first-order valence-electron chi connectivity index (χ1n) is 7.41. The van der Waals surface area contributed by atoms with E-state index in [0.717, 1.165) is 35.6 Å². The number of imidazole rings is 1. The number of aryl methyl sites for hydroxylation is 1. The van der Waals surface area contributed by atoms with Crippen molar-refractivity contribution in [2.24, 2.45) is 12.8 Å². The van der Waals surface area contributed by atoms with Gasteiger partial charge in [0.2, 0.25) is 0 Å². The molecule has 1 fully saturated rings. The molecule has 0 bridgehead atoms. The second-order valence-corrected chi connectivity index (χ2v) is 5.86. The molecular formula is C16H18N6. The average Bonchev–Trinajstić information content (AvgIpc) is 3.12. The van der Waals surface area contributed by atoms with Crippen LogP contribution in [0.25, 0.3) is 11.0 Å². The van der Waals surface area contributed by atoms with E-state index in [9.17, 15) is 0 Å². The average molecular weight is 294 g/mol. The zero-order valence-electron chi connectivity index (χ0n) is 12.4. The minimum Gasteiger partial charge on any atom is -0.353 e. The third kappa shape index (κ3) is 2.21. The lowest BCUT2D eigenvalue weighted by atomic mass is 10.0. The summed E-state index contributed by atoms with van der Waals surface area (Å²) >= 11 is 0. The molecule has 2 atom stereocenters. The Morgan fingerprint density at radius 1 is 1.14 bits per heavy atom. The van der Waals surface area contributed by atoms with Crippen LogP contribution in [0.4, 0.5) is 5.82 Å². The van der Waals surface area contributed by atoms with Crippen molar-refractivity contribution < 1.29 is 0 Å². The van der Waals surface area contributed by atoms with Crippen molar-refractivity contribution >= 4 is 16.9 Å². The van der Waals surface area contributed by atoms with E-state index in [1.54, 1.807) is 0 Å². The van der Waals surface area contributed by atoms with Gasteiger partial charge in [0.15, 0.2) is 0 Å². The van der Waals surface area contributed by atoms with Crippen molar-refractivity contribution in [2.45, 2.75) is 12.0 Å². The maximum absolute atomic E-state index is 6.32. The molecule has 4 rings (SSSR count). The smallest absolute Gasteiger partial charge is 0.147 e. The second kappa shape index (κ2) is 5.06. The second-order valence-electron chi connectivity index (χ2n) is 5.86. The molecule has 6 heteroatoms. The van der Waals surface area contributed by atoms with Crippen LogP contribution in [0.3, 0.4) is 0 Å². The van der Waals surface area contributed by atoms with Gasteiger partial charge >= 0.3 is 0 Å². The molecule has 3 aromatic rings. The highest BCUT2D eigenvalue weighted by Gasteiger charge is 2.33. The molecule has 1 saturated heterocycles. The molecular weight excluding hydrogens is 276 g/mol. The van der Waals surface area contributed by atoms with Crippen LogP contribution in [0.15, 0.2) is 43.0 Å². The SMILES string of the molecule is Cn1cnc([C@@H]2CN(c3cnc4ccccc4n3)C[C@H]2N)c1. The van der Waals surface area contributed by atoms with Crippen LogP contribution < -0.4 is 10.6 Å². The van der Waals surface area contributed by atoms with Gasteiger partial charge in [-0.3, -0.25) is 4.98 Å². The summed E-state index contributed by atoms with van der Waals surface area (Å²) in [6.07, 6.45) is 5.69. The molecule has 6 nitrogen and oxygen atoms in total. The van der Waals surface area contributed by atoms with E-state index in [-0.39, 0.29) is 12.0 Å². The summed E-state index contributed by atoms with van der Waals surface area (Å²) in [5, 5.41) is 0. The van der Waals surface area contributed by atoms with Gasteiger partial charge in [0.05, 0.1) is 29.3 Å². The first-order valence-corrected chi connectivity index (χ1v) is 7.41. The molecule has 22 heavy (non-hydrogen) atoms. The number of fused-ring (bicyclic) bond motifs is 1. The molecule has 0 spiro atoms. The zero-order valence-corrected chi connectivity index (χ0v) is 12.4. The van der Waals surface area contributed by atoms with Gasteiger partial charge in [0.1, 0.15) is 5.82 Å². The van der Waals surface area contributed by atoms with Crippen LogP contribution in [-0.2, 0) is 7.05 Å². The van der Waals surface area contributed by atoms with E-state index >= 15 is 0 Å². The minimum atomic E-state index is 0.0585. The summed E-state index contributed by atoms with van der Waals surface area (Å²) in [5.74, 6) is 1.11. The molecule has 1 aliphatic rings. The molecule has 0 aliphatic carbocycles. The molecule has 2 aromatic heterocycles. The highest BCUT2D eigenvalue weighted by Crippen LogP contribution is 2.28. The van der Waals surface area contributed by atoms with E-state index in [0.29, 0.717) is 0 Å². The number of anilines is 1. The van der Waals surface area contributed by atoms with E-state index in [2.05, 4.69) is 14.9 Å². The number of aromatic nitrogens is 4. The molecule has 0 saturated carbocycles. The monoisotopic (exact) mass is 294 g/mol. The lowest BCUT2D eigenvalue weighted by Gasteiger charge is -2.16. The third-order valence-corrected chi connectivity index (χ3v) is 4.23. The Morgan fingerprint density at radius 2 is 1.95 bits per heavy atom. The molecule has 1 aromatic carbocycles. The maximum atomic E-state index is 6.32. The predicted molar refractivity (Wildman–Crippen MR) is 85.7 cm³/mol. The molecule has 3 heterocycles. The number of benzene rings is 1. The van der Waals surface area contributed by atoms with Crippen molar-refractivity contribution in [2.75, 3.05) is 18.0 Å². The van der Waals surface area contributed by atoms with Crippen molar-refractivity contribution in [1.29, 1.82) is 0 Å². The number of nitrogens with two attached hydrogens (primary N) is 1. The maximum Gasteiger partial charge on any atom is 0.147 e. The minimum absolute atomic E-state index is 0.0585. The Morgan fingerprint density at radius 3 is 2.73 bits per heavy atom. The van der Waals surface area contributed by atoms with Gasteiger partial charge in [-0.15, -0.1) is 0 Å². The zero-order chi connectivity index (χ0) is 15.1. The predicted octanol–water partition coefficient (Wildman–Crippen LogP) is 1.29. The van der Waals surface area contributed by atoms with Gasteiger partial charge in [-0.1, -0.05) is 12.1 Å². The summed E-state index contributed by atoms with van der Waals surface area (Å²) in [5.41, 5.74) is 9.19. The van der Waals surface area contributed by atoms with Crippen LogP contribution in [0.2, 0.25) is 0 Å². The summed E-state index contributed by atoms with van der Waals surface area (Å²) in [6.45, 7) is 1.60. The fourth-order valence-corrected chi connectivity index (χ4v) is 3.05. The third-order valence-electron chi connectivity index (χ3n) is 4.23. The number of hydrogen-bond donors (Lipinski definition) is 1. The van der Waals surface area contributed by atoms with Gasteiger partial charge in [-0.25, -0.2) is 9.97 Å². The Labute approximate surface area is 128 Å². The molecule has 2 N–H and O–H groups in total. The summed E-state index contributed by atoms with van der Waals surface area (Å²) in [6, 6.07) is 7.96. The van der Waals surface area contributed by atoms with E-state index < -0.39 is 0 Å². The number of nitrogens with zero attached hydrogens (tertiary/aromatic N) is 5. The van der Waals surface area contributed by atoms with Gasteiger partial charge in [0, 0.05) is 38.3 Å². The van der Waals surface area contributed by atoms with Crippen molar-refractivity contribution in [3.8, 4) is 0 Å². The number of rotatable bonds is 2. The Bertz CT molecular complexity index is 811. The van der Waals surface area contributed by atoms with Gasteiger partial charge in [0.25, 0.3) is 0 Å². The highest BCUT2D eigenvalue weighted by atomic mass is 15.2. The van der Waals surface area contributed by atoms with Crippen molar-refractivity contribution in [3.05, 3.63) is 48.7 Å². The van der Waals surface area contributed by atoms with Crippen LogP contribution in [-0.4, -0.2) is 38.7 Å². The Kier molecular flexibility index (Phi) is 3.04. The number of para-hydroxylation sites is 2.